The van der Waals surface area contributed by atoms with E-state index in [2.05, 4.69) is 0 Å². The maximum absolute atomic E-state index is 11.9. The minimum atomic E-state index is -4.31. The third-order valence-corrected chi connectivity index (χ3v) is 2.01. The second kappa shape index (κ2) is 5.07. The van der Waals surface area contributed by atoms with Crippen LogP contribution in [0.15, 0.2) is 18.2 Å². The van der Waals surface area contributed by atoms with Crippen molar-refractivity contribution in [1.29, 1.82) is 0 Å². The van der Waals surface area contributed by atoms with Crippen LogP contribution in [0.3, 0.4) is 0 Å². The zero-order valence-corrected chi connectivity index (χ0v) is 9.04. The SMILES string of the molecule is Cc1ccc(C(=O)O)c(OCCC(F)(F)F)c1. The fourth-order valence-corrected chi connectivity index (χ4v) is 1.20. The van der Waals surface area contributed by atoms with E-state index in [1.54, 1.807) is 13.0 Å². The molecule has 0 heterocycles. The van der Waals surface area contributed by atoms with Crippen molar-refractivity contribution in [3.8, 4) is 5.75 Å². The van der Waals surface area contributed by atoms with E-state index in [4.69, 9.17) is 9.84 Å². The second-order valence-electron chi connectivity index (χ2n) is 3.52. The Labute approximate surface area is 95.8 Å². The van der Waals surface area contributed by atoms with Crippen molar-refractivity contribution in [2.45, 2.75) is 19.5 Å². The summed E-state index contributed by atoms with van der Waals surface area (Å²) >= 11 is 0. The number of ether oxygens (including phenoxy) is 1. The summed E-state index contributed by atoms with van der Waals surface area (Å²) in [5.74, 6) is -1.27. The standard InChI is InChI=1S/C11H11F3O3/c1-7-2-3-8(10(15)16)9(6-7)17-5-4-11(12,13)14/h2-3,6H,4-5H2,1H3,(H,15,16). The predicted octanol–water partition coefficient (Wildman–Crippen LogP) is 3.02. The fraction of sp³-hybridized carbons (Fsp3) is 0.364. The van der Waals surface area contributed by atoms with E-state index in [1.807, 2.05) is 0 Å². The average Bonchev–Trinajstić information content (AvgIpc) is 2.15. The first kappa shape index (κ1) is 13.3. The predicted molar refractivity (Wildman–Crippen MR) is 54.3 cm³/mol. The van der Waals surface area contributed by atoms with E-state index in [0.29, 0.717) is 0 Å². The highest BCUT2D eigenvalue weighted by molar-refractivity contribution is 5.90. The van der Waals surface area contributed by atoms with Crippen molar-refractivity contribution in [1.82, 2.24) is 0 Å². The number of aryl methyl sites for hydroxylation is 1. The molecule has 0 radical (unpaired) electrons. The monoisotopic (exact) mass is 248 g/mol. The Morgan fingerprint density at radius 3 is 2.59 bits per heavy atom. The van der Waals surface area contributed by atoms with Crippen molar-refractivity contribution in [2.75, 3.05) is 6.61 Å². The molecule has 0 aliphatic heterocycles. The van der Waals surface area contributed by atoms with E-state index in [9.17, 15) is 18.0 Å². The summed E-state index contributed by atoms with van der Waals surface area (Å²) in [4.78, 5) is 10.8. The number of carbonyl (C=O) groups is 1. The lowest BCUT2D eigenvalue weighted by atomic mass is 10.1. The molecule has 6 heteroatoms. The Bertz CT molecular complexity index is 413. The first-order valence-corrected chi connectivity index (χ1v) is 4.83. The van der Waals surface area contributed by atoms with Gasteiger partial charge in [-0.1, -0.05) is 6.07 Å². The van der Waals surface area contributed by atoms with Gasteiger partial charge in [-0.15, -0.1) is 0 Å². The Hall–Kier alpha value is -1.72. The highest BCUT2D eigenvalue weighted by Crippen LogP contribution is 2.23. The number of hydrogen-bond acceptors (Lipinski definition) is 2. The molecule has 0 atom stereocenters. The minimum absolute atomic E-state index is 0.0400. The highest BCUT2D eigenvalue weighted by Gasteiger charge is 2.27. The second-order valence-corrected chi connectivity index (χ2v) is 3.52. The topological polar surface area (TPSA) is 46.5 Å². The molecule has 1 aromatic rings. The molecule has 0 spiro atoms. The van der Waals surface area contributed by atoms with E-state index in [1.165, 1.54) is 12.1 Å². The van der Waals surface area contributed by atoms with Gasteiger partial charge in [-0.3, -0.25) is 0 Å². The third kappa shape index (κ3) is 4.34. The number of carboxylic acids is 1. The Kier molecular flexibility index (Phi) is 3.98. The molecule has 17 heavy (non-hydrogen) atoms. The van der Waals surface area contributed by atoms with Crippen LogP contribution in [0, 0.1) is 6.92 Å². The molecule has 0 amide bonds. The third-order valence-electron chi connectivity index (χ3n) is 2.01. The summed E-state index contributed by atoms with van der Waals surface area (Å²) in [7, 11) is 0. The summed E-state index contributed by atoms with van der Waals surface area (Å²) in [6, 6.07) is 4.26. The minimum Gasteiger partial charge on any atom is -0.492 e. The van der Waals surface area contributed by atoms with Crippen molar-refractivity contribution in [2.24, 2.45) is 0 Å². The van der Waals surface area contributed by atoms with Crippen molar-refractivity contribution >= 4 is 5.97 Å². The van der Waals surface area contributed by atoms with Gasteiger partial charge < -0.3 is 9.84 Å². The van der Waals surface area contributed by atoms with Crippen LogP contribution in [0.4, 0.5) is 13.2 Å². The maximum atomic E-state index is 11.9. The molecule has 94 valence electrons. The van der Waals surface area contributed by atoms with Crippen LogP contribution < -0.4 is 4.74 Å². The van der Waals surface area contributed by atoms with Crippen LogP contribution >= 0.6 is 0 Å². The number of aromatic carboxylic acids is 1. The van der Waals surface area contributed by atoms with Gasteiger partial charge in [0, 0.05) is 0 Å². The maximum Gasteiger partial charge on any atom is 0.392 e. The normalized spacial score (nSPS) is 11.3. The van der Waals surface area contributed by atoms with E-state index in [0.717, 1.165) is 5.56 Å². The molecule has 0 saturated carbocycles. The Balaban J connectivity index is 2.75. The van der Waals surface area contributed by atoms with Gasteiger partial charge in [0.2, 0.25) is 0 Å². The van der Waals surface area contributed by atoms with Crippen LogP contribution in [-0.2, 0) is 0 Å². The molecular weight excluding hydrogens is 237 g/mol. The zero-order chi connectivity index (χ0) is 13.1. The summed E-state index contributed by atoms with van der Waals surface area (Å²) < 4.78 is 40.6. The molecule has 0 bridgehead atoms. The average molecular weight is 248 g/mol. The van der Waals surface area contributed by atoms with Crippen LogP contribution in [0.5, 0.6) is 5.75 Å². The summed E-state index contributed by atoms with van der Waals surface area (Å²) in [6.07, 6.45) is -5.42. The largest absolute Gasteiger partial charge is 0.492 e. The lowest BCUT2D eigenvalue weighted by Crippen LogP contribution is -2.14. The summed E-state index contributed by atoms with van der Waals surface area (Å²) in [5.41, 5.74) is 0.579. The fourth-order valence-electron chi connectivity index (χ4n) is 1.20. The van der Waals surface area contributed by atoms with Crippen molar-refractivity contribution in [3.63, 3.8) is 0 Å². The van der Waals surface area contributed by atoms with Crippen LogP contribution in [-0.4, -0.2) is 23.9 Å². The first-order chi connectivity index (χ1) is 7.79. The summed E-state index contributed by atoms with van der Waals surface area (Å²) in [5, 5.41) is 8.81. The zero-order valence-electron chi connectivity index (χ0n) is 9.04. The number of hydrogen-bond donors (Lipinski definition) is 1. The molecule has 1 N–H and O–H groups in total. The number of carboxylic acid groups (broad SMARTS) is 1. The molecule has 0 unspecified atom stereocenters. The van der Waals surface area contributed by atoms with Gasteiger partial charge in [0.05, 0.1) is 13.0 Å². The molecule has 0 saturated heterocycles. The van der Waals surface area contributed by atoms with Crippen molar-refractivity contribution < 1.29 is 27.8 Å². The van der Waals surface area contributed by atoms with Gasteiger partial charge >= 0.3 is 12.1 Å². The molecule has 3 nitrogen and oxygen atoms in total. The number of halogens is 3. The molecule has 1 rings (SSSR count). The summed E-state index contributed by atoms with van der Waals surface area (Å²) in [6.45, 7) is 1.11. The Morgan fingerprint density at radius 1 is 1.41 bits per heavy atom. The van der Waals surface area contributed by atoms with Gasteiger partial charge in [-0.25, -0.2) is 4.79 Å². The first-order valence-electron chi connectivity index (χ1n) is 4.83. The van der Waals surface area contributed by atoms with Crippen LogP contribution in [0.25, 0.3) is 0 Å². The highest BCUT2D eigenvalue weighted by atomic mass is 19.4. The van der Waals surface area contributed by atoms with E-state index < -0.39 is 25.2 Å². The molecule has 1 aromatic carbocycles. The lowest BCUT2D eigenvalue weighted by Gasteiger charge is -2.11. The van der Waals surface area contributed by atoms with Gasteiger partial charge in [0.25, 0.3) is 0 Å². The molecule has 0 fully saturated rings. The smallest absolute Gasteiger partial charge is 0.392 e. The van der Waals surface area contributed by atoms with Gasteiger partial charge in [-0.2, -0.15) is 13.2 Å². The number of benzene rings is 1. The van der Waals surface area contributed by atoms with E-state index in [-0.39, 0.29) is 11.3 Å². The van der Waals surface area contributed by atoms with E-state index >= 15 is 0 Å². The van der Waals surface area contributed by atoms with Gasteiger partial charge in [0.15, 0.2) is 0 Å². The molecule has 0 aliphatic rings. The molecule has 0 aromatic heterocycles. The lowest BCUT2D eigenvalue weighted by molar-refractivity contribution is -0.139. The quantitative estimate of drug-likeness (QED) is 0.890. The number of alkyl halides is 3. The number of rotatable bonds is 4. The van der Waals surface area contributed by atoms with Crippen molar-refractivity contribution in [3.05, 3.63) is 29.3 Å². The Morgan fingerprint density at radius 2 is 2.06 bits per heavy atom. The van der Waals surface area contributed by atoms with Gasteiger partial charge in [0.1, 0.15) is 11.3 Å². The van der Waals surface area contributed by atoms with Crippen LogP contribution in [0.1, 0.15) is 22.3 Å². The van der Waals surface area contributed by atoms with Gasteiger partial charge in [-0.05, 0) is 24.6 Å². The molecular formula is C11H11F3O3. The molecule has 0 aliphatic carbocycles. The van der Waals surface area contributed by atoms with Crippen LogP contribution in [0.2, 0.25) is 0 Å².